The SMILES string of the molecule is Cc1ccc(NN)c(C(=O)NC(C)C2CCOCC2)c1. The number of carbonyl (C=O) groups excluding carboxylic acids is 1. The molecule has 0 radical (unpaired) electrons. The highest BCUT2D eigenvalue weighted by molar-refractivity contribution is 5.99. The van der Waals surface area contributed by atoms with Crippen LogP contribution in [0.3, 0.4) is 0 Å². The molecule has 5 nitrogen and oxygen atoms in total. The van der Waals surface area contributed by atoms with Gasteiger partial charge in [0.1, 0.15) is 0 Å². The standard InChI is InChI=1S/C15H23N3O2/c1-10-3-4-14(18-16)13(9-10)15(19)17-11(2)12-5-7-20-8-6-12/h3-4,9,11-12,18H,5-8,16H2,1-2H3,(H,17,19). The lowest BCUT2D eigenvalue weighted by Crippen LogP contribution is -2.40. The molecule has 5 heteroatoms. The van der Waals surface area contributed by atoms with Gasteiger partial charge in [-0.3, -0.25) is 10.6 Å². The van der Waals surface area contributed by atoms with Gasteiger partial charge in [-0.2, -0.15) is 0 Å². The molecule has 0 saturated carbocycles. The Morgan fingerprint density at radius 3 is 2.75 bits per heavy atom. The summed E-state index contributed by atoms with van der Waals surface area (Å²) >= 11 is 0. The van der Waals surface area contributed by atoms with Gasteiger partial charge in [0.25, 0.3) is 5.91 Å². The van der Waals surface area contributed by atoms with Gasteiger partial charge in [-0.25, -0.2) is 0 Å². The number of nitrogen functional groups attached to an aromatic ring is 1. The summed E-state index contributed by atoms with van der Waals surface area (Å²) in [6, 6.07) is 5.73. The maximum atomic E-state index is 12.4. The molecule has 1 fully saturated rings. The number of rotatable bonds is 4. The van der Waals surface area contributed by atoms with Crippen LogP contribution >= 0.6 is 0 Å². The molecule has 1 heterocycles. The van der Waals surface area contributed by atoms with Crippen LogP contribution < -0.4 is 16.6 Å². The number of hydrogen-bond donors (Lipinski definition) is 3. The van der Waals surface area contributed by atoms with Crippen LogP contribution in [0.25, 0.3) is 0 Å². The molecule has 1 aromatic rings. The van der Waals surface area contributed by atoms with E-state index in [1.807, 2.05) is 25.1 Å². The van der Waals surface area contributed by atoms with Gasteiger partial charge in [0.2, 0.25) is 0 Å². The second kappa shape index (κ2) is 6.72. The van der Waals surface area contributed by atoms with E-state index in [2.05, 4.69) is 17.7 Å². The first-order chi connectivity index (χ1) is 9.61. The van der Waals surface area contributed by atoms with Gasteiger partial charge in [0, 0.05) is 19.3 Å². The highest BCUT2D eigenvalue weighted by Gasteiger charge is 2.23. The zero-order valence-corrected chi connectivity index (χ0v) is 12.1. The number of hydrogen-bond acceptors (Lipinski definition) is 4. The van der Waals surface area contributed by atoms with Gasteiger partial charge in [-0.05, 0) is 44.7 Å². The molecule has 1 aliphatic rings. The summed E-state index contributed by atoms with van der Waals surface area (Å²) < 4.78 is 5.35. The van der Waals surface area contributed by atoms with Crippen LogP contribution in [0, 0.1) is 12.8 Å². The monoisotopic (exact) mass is 277 g/mol. The maximum Gasteiger partial charge on any atom is 0.253 e. The quantitative estimate of drug-likeness (QED) is 0.579. The molecule has 0 bridgehead atoms. The summed E-state index contributed by atoms with van der Waals surface area (Å²) in [7, 11) is 0. The van der Waals surface area contributed by atoms with E-state index in [1.165, 1.54) is 0 Å². The molecule has 20 heavy (non-hydrogen) atoms. The third-order valence-corrected chi connectivity index (χ3v) is 3.91. The van der Waals surface area contributed by atoms with Crippen molar-refractivity contribution in [3.05, 3.63) is 29.3 Å². The third kappa shape index (κ3) is 3.49. The average Bonchev–Trinajstić information content (AvgIpc) is 2.48. The molecule has 1 unspecified atom stereocenters. The van der Waals surface area contributed by atoms with Gasteiger partial charge in [0.15, 0.2) is 0 Å². The van der Waals surface area contributed by atoms with Gasteiger partial charge < -0.3 is 15.5 Å². The van der Waals surface area contributed by atoms with Crippen molar-refractivity contribution in [3.63, 3.8) is 0 Å². The van der Waals surface area contributed by atoms with E-state index in [9.17, 15) is 4.79 Å². The van der Waals surface area contributed by atoms with Crippen molar-refractivity contribution in [1.82, 2.24) is 5.32 Å². The lowest BCUT2D eigenvalue weighted by atomic mass is 9.92. The number of ether oxygens (including phenoxy) is 1. The number of nitrogens with one attached hydrogen (secondary N) is 2. The predicted molar refractivity (Wildman–Crippen MR) is 79.5 cm³/mol. The third-order valence-electron chi connectivity index (χ3n) is 3.91. The minimum absolute atomic E-state index is 0.0827. The topological polar surface area (TPSA) is 76.4 Å². The van der Waals surface area contributed by atoms with Gasteiger partial charge in [-0.1, -0.05) is 11.6 Å². The zero-order valence-electron chi connectivity index (χ0n) is 12.1. The number of benzene rings is 1. The normalized spacial score (nSPS) is 17.6. The second-order valence-electron chi connectivity index (χ2n) is 5.41. The molecule has 1 amide bonds. The van der Waals surface area contributed by atoms with Crippen molar-refractivity contribution < 1.29 is 9.53 Å². The molecule has 0 spiro atoms. The van der Waals surface area contributed by atoms with Crippen LogP contribution in [0.15, 0.2) is 18.2 Å². The molecule has 1 aliphatic heterocycles. The number of anilines is 1. The Kier molecular flexibility index (Phi) is 4.98. The van der Waals surface area contributed by atoms with E-state index < -0.39 is 0 Å². The van der Waals surface area contributed by atoms with E-state index in [1.54, 1.807) is 0 Å². The predicted octanol–water partition coefficient (Wildman–Crippen LogP) is 1.83. The minimum Gasteiger partial charge on any atom is -0.381 e. The van der Waals surface area contributed by atoms with Crippen LogP contribution in [-0.2, 0) is 4.74 Å². The highest BCUT2D eigenvalue weighted by Crippen LogP contribution is 2.20. The lowest BCUT2D eigenvalue weighted by Gasteiger charge is -2.28. The summed E-state index contributed by atoms with van der Waals surface area (Å²) in [5.74, 6) is 5.86. The Labute approximate surface area is 119 Å². The zero-order chi connectivity index (χ0) is 14.5. The fraction of sp³-hybridized carbons (Fsp3) is 0.533. The molecule has 2 rings (SSSR count). The van der Waals surface area contributed by atoms with Crippen LogP contribution in [0.4, 0.5) is 5.69 Å². The van der Waals surface area contributed by atoms with E-state index >= 15 is 0 Å². The first-order valence-corrected chi connectivity index (χ1v) is 7.07. The van der Waals surface area contributed by atoms with Crippen LogP contribution in [0.1, 0.15) is 35.7 Å². The Hall–Kier alpha value is -1.59. The second-order valence-corrected chi connectivity index (χ2v) is 5.41. The summed E-state index contributed by atoms with van der Waals surface area (Å²) in [6.45, 7) is 5.58. The molecule has 0 aliphatic carbocycles. The fourth-order valence-corrected chi connectivity index (χ4v) is 2.59. The lowest BCUT2D eigenvalue weighted by molar-refractivity contribution is 0.0538. The van der Waals surface area contributed by atoms with Crippen molar-refractivity contribution in [1.29, 1.82) is 0 Å². The Bertz CT molecular complexity index is 470. The minimum atomic E-state index is -0.0827. The Morgan fingerprint density at radius 1 is 1.40 bits per heavy atom. The van der Waals surface area contributed by atoms with E-state index in [4.69, 9.17) is 10.6 Å². The largest absolute Gasteiger partial charge is 0.381 e. The summed E-state index contributed by atoms with van der Waals surface area (Å²) in [4.78, 5) is 12.4. The Morgan fingerprint density at radius 2 is 2.10 bits per heavy atom. The van der Waals surface area contributed by atoms with Crippen molar-refractivity contribution in [2.24, 2.45) is 11.8 Å². The number of hydrazine groups is 1. The molecule has 110 valence electrons. The van der Waals surface area contributed by atoms with Crippen molar-refractivity contribution in [2.45, 2.75) is 32.7 Å². The summed E-state index contributed by atoms with van der Waals surface area (Å²) in [5, 5.41) is 3.08. The van der Waals surface area contributed by atoms with Crippen molar-refractivity contribution >= 4 is 11.6 Å². The number of aryl methyl sites for hydroxylation is 1. The van der Waals surface area contributed by atoms with Crippen LogP contribution in [0.5, 0.6) is 0 Å². The number of carbonyl (C=O) groups is 1. The molecule has 1 saturated heterocycles. The van der Waals surface area contributed by atoms with E-state index in [0.717, 1.165) is 31.6 Å². The molecule has 4 N–H and O–H groups in total. The summed E-state index contributed by atoms with van der Waals surface area (Å²) in [6.07, 6.45) is 1.99. The summed E-state index contributed by atoms with van der Waals surface area (Å²) in [5.41, 5.74) is 4.85. The molecular formula is C15H23N3O2. The maximum absolute atomic E-state index is 12.4. The van der Waals surface area contributed by atoms with Crippen molar-refractivity contribution in [2.75, 3.05) is 18.6 Å². The molecule has 1 atom stereocenters. The first-order valence-electron chi connectivity index (χ1n) is 7.07. The number of nitrogens with two attached hydrogens (primary N) is 1. The average molecular weight is 277 g/mol. The molecule has 0 aromatic heterocycles. The van der Waals surface area contributed by atoms with Gasteiger partial charge in [0.05, 0.1) is 11.3 Å². The fourth-order valence-electron chi connectivity index (χ4n) is 2.59. The Balaban J connectivity index is 2.05. The van der Waals surface area contributed by atoms with Gasteiger partial charge >= 0.3 is 0 Å². The van der Waals surface area contributed by atoms with Crippen molar-refractivity contribution in [3.8, 4) is 0 Å². The van der Waals surface area contributed by atoms with E-state index in [0.29, 0.717) is 17.2 Å². The highest BCUT2D eigenvalue weighted by atomic mass is 16.5. The number of amides is 1. The smallest absolute Gasteiger partial charge is 0.253 e. The molecule has 1 aromatic carbocycles. The van der Waals surface area contributed by atoms with E-state index in [-0.39, 0.29) is 11.9 Å². The van der Waals surface area contributed by atoms with Gasteiger partial charge in [-0.15, -0.1) is 0 Å². The van der Waals surface area contributed by atoms with Crippen LogP contribution in [-0.4, -0.2) is 25.2 Å². The van der Waals surface area contributed by atoms with Crippen LogP contribution in [0.2, 0.25) is 0 Å². The molecular weight excluding hydrogens is 254 g/mol. The first kappa shape index (κ1) is 14.8.